The number of ether oxygens (including phenoxy) is 2. The van der Waals surface area contributed by atoms with Gasteiger partial charge in [0.2, 0.25) is 0 Å². The average Bonchev–Trinajstić information content (AvgIpc) is 3.16. The van der Waals surface area contributed by atoms with E-state index in [-0.39, 0.29) is 12.1 Å². The summed E-state index contributed by atoms with van der Waals surface area (Å²) in [4.78, 5) is 12.2. The summed E-state index contributed by atoms with van der Waals surface area (Å²) in [7, 11) is 1.55. The molecule has 0 aliphatic rings. The van der Waals surface area contributed by atoms with Gasteiger partial charge in [0, 0.05) is 0 Å². The average molecular weight is 354 g/mol. The van der Waals surface area contributed by atoms with Crippen LogP contribution in [-0.4, -0.2) is 19.6 Å². The Hall–Kier alpha value is -3.20. The Morgan fingerprint density at radius 1 is 1.35 bits per heavy atom. The molecule has 0 aliphatic carbocycles. The summed E-state index contributed by atoms with van der Waals surface area (Å²) in [6.07, 6.45) is 3.03. The number of benzene rings is 1. The van der Waals surface area contributed by atoms with Crippen LogP contribution in [0.2, 0.25) is 0 Å². The van der Waals surface area contributed by atoms with Gasteiger partial charge in [-0.15, -0.1) is 0 Å². The molecule has 1 aromatic carbocycles. The minimum Gasteiger partial charge on any atom is -0.493 e. The lowest BCUT2D eigenvalue weighted by molar-refractivity contribution is -0.117. The molecule has 0 unspecified atom stereocenters. The van der Waals surface area contributed by atoms with Gasteiger partial charge in [0.15, 0.2) is 11.5 Å². The molecule has 26 heavy (non-hydrogen) atoms. The van der Waals surface area contributed by atoms with E-state index in [0.29, 0.717) is 35.3 Å². The number of nitrogens with one attached hydrogen (secondary N) is 1. The largest absolute Gasteiger partial charge is 0.493 e. The highest BCUT2D eigenvalue weighted by atomic mass is 16.5. The van der Waals surface area contributed by atoms with Crippen molar-refractivity contribution in [3.05, 3.63) is 53.5 Å². The predicted octanol–water partition coefficient (Wildman–Crippen LogP) is 3.55. The van der Waals surface area contributed by atoms with Crippen LogP contribution in [0.25, 0.3) is 6.08 Å². The zero-order chi connectivity index (χ0) is 18.9. The molecule has 136 valence electrons. The van der Waals surface area contributed by atoms with Gasteiger partial charge in [0.25, 0.3) is 5.91 Å². The van der Waals surface area contributed by atoms with E-state index in [1.165, 1.54) is 12.3 Å². The summed E-state index contributed by atoms with van der Waals surface area (Å²) in [5.74, 6) is 1.71. The number of methoxy groups -OCH3 is 1. The molecule has 6 heteroatoms. The second-order valence-corrected chi connectivity index (χ2v) is 6.05. The fraction of sp³-hybridized carbons (Fsp3) is 0.300. The number of furan rings is 1. The maximum atomic E-state index is 12.2. The third-order valence-corrected chi connectivity index (χ3v) is 3.44. The number of rotatable bonds is 8. The molecule has 1 aromatic heterocycles. The van der Waals surface area contributed by atoms with Gasteiger partial charge in [-0.05, 0) is 41.8 Å². The molecule has 1 heterocycles. The summed E-state index contributed by atoms with van der Waals surface area (Å²) in [6, 6.07) is 10.7. The molecule has 2 aromatic rings. The Balaban J connectivity index is 2.11. The van der Waals surface area contributed by atoms with Crippen molar-refractivity contribution in [3.63, 3.8) is 0 Å². The van der Waals surface area contributed by atoms with Crippen molar-refractivity contribution < 1.29 is 18.7 Å². The van der Waals surface area contributed by atoms with E-state index in [1.807, 2.05) is 6.07 Å². The van der Waals surface area contributed by atoms with Gasteiger partial charge in [0.1, 0.15) is 17.4 Å². The molecule has 6 nitrogen and oxygen atoms in total. The molecule has 0 atom stereocenters. The van der Waals surface area contributed by atoms with E-state index in [0.717, 1.165) is 0 Å². The number of amides is 1. The van der Waals surface area contributed by atoms with Crippen LogP contribution >= 0.6 is 0 Å². The van der Waals surface area contributed by atoms with Crippen LogP contribution in [0.1, 0.15) is 25.2 Å². The molecular weight excluding hydrogens is 332 g/mol. The molecule has 0 aliphatic heterocycles. The van der Waals surface area contributed by atoms with Crippen LogP contribution in [0.15, 0.2) is 46.6 Å². The van der Waals surface area contributed by atoms with Gasteiger partial charge in [-0.3, -0.25) is 4.79 Å². The van der Waals surface area contributed by atoms with Crippen LogP contribution in [0.4, 0.5) is 0 Å². The summed E-state index contributed by atoms with van der Waals surface area (Å²) in [6.45, 7) is 4.91. The van der Waals surface area contributed by atoms with Gasteiger partial charge in [-0.2, -0.15) is 5.26 Å². The van der Waals surface area contributed by atoms with E-state index in [2.05, 4.69) is 19.2 Å². The van der Waals surface area contributed by atoms with Crippen LogP contribution in [-0.2, 0) is 11.3 Å². The van der Waals surface area contributed by atoms with E-state index in [4.69, 9.17) is 13.9 Å². The SMILES string of the molecule is COc1cc(C=C(C#N)C(=O)NCc2ccco2)ccc1OCC(C)C. The Morgan fingerprint density at radius 2 is 2.15 bits per heavy atom. The minimum absolute atomic E-state index is 0.00513. The fourth-order valence-corrected chi connectivity index (χ4v) is 2.14. The first-order valence-corrected chi connectivity index (χ1v) is 8.26. The smallest absolute Gasteiger partial charge is 0.262 e. The molecule has 0 fully saturated rings. The zero-order valence-electron chi connectivity index (χ0n) is 15.1. The maximum Gasteiger partial charge on any atom is 0.262 e. The summed E-state index contributed by atoms with van der Waals surface area (Å²) >= 11 is 0. The standard InChI is InChI=1S/C20H22N2O4/c1-14(2)13-26-18-7-6-15(10-19(18)24-3)9-16(11-21)20(23)22-12-17-5-4-8-25-17/h4-10,14H,12-13H2,1-3H3,(H,22,23). The monoisotopic (exact) mass is 354 g/mol. The summed E-state index contributed by atoms with van der Waals surface area (Å²) < 4.78 is 16.2. The van der Waals surface area contributed by atoms with Crippen LogP contribution in [0.3, 0.4) is 0 Å². The zero-order valence-corrected chi connectivity index (χ0v) is 15.1. The first-order valence-electron chi connectivity index (χ1n) is 8.26. The van der Waals surface area contributed by atoms with Crippen molar-refractivity contribution >= 4 is 12.0 Å². The predicted molar refractivity (Wildman–Crippen MR) is 97.5 cm³/mol. The molecule has 0 saturated heterocycles. The van der Waals surface area contributed by atoms with Crippen molar-refractivity contribution in [2.45, 2.75) is 20.4 Å². The Labute approximate surface area is 153 Å². The fourth-order valence-electron chi connectivity index (χ4n) is 2.14. The number of hydrogen-bond donors (Lipinski definition) is 1. The maximum absolute atomic E-state index is 12.2. The molecular formula is C20H22N2O4. The summed E-state index contributed by atoms with van der Waals surface area (Å²) in [5.41, 5.74) is 0.665. The Morgan fingerprint density at radius 3 is 2.77 bits per heavy atom. The van der Waals surface area contributed by atoms with E-state index >= 15 is 0 Å². The molecule has 0 radical (unpaired) electrons. The van der Waals surface area contributed by atoms with Crippen molar-refractivity contribution in [1.29, 1.82) is 5.26 Å². The van der Waals surface area contributed by atoms with Gasteiger partial charge < -0.3 is 19.2 Å². The number of nitrogens with zero attached hydrogens (tertiary/aromatic N) is 1. The minimum atomic E-state index is -0.469. The van der Waals surface area contributed by atoms with Gasteiger partial charge in [0.05, 0.1) is 26.5 Å². The van der Waals surface area contributed by atoms with Crippen LogP contribution in [0, 0.1) is 17.2 Å². The Bertz CT molecular complexity index is 802. The van der Waals surface area contributed by atoms with Gasteiger partial charge >= 0.3 is 0 Å². The molecule has 0 spiro atoms. The lowest BCUT2D eigenvalue weighted by atomic mass is 10.1. The number of nitriles is 1. The quantitative estimate of drug-likeness (QED) is 0.579. The van der Waals surface area contributed by atoms with E-state index in [9.17, 15) is 10.1 Å². The lowest BCUT2D eigenvalue weighted by Gasteiger charge is -2.13. The third kappa shape index (κ3) is 5.42. The van der Waals surface area contributed by atoms with Crippen molar-refractivity contribution in [2.24, 2.45) is 5.92 Å². The van der Waals surface area contributed by atoms with Crippen molar-refractivity contribution in [1.82, 2.24) is 5.32 Å². The van der Waals surface area contributed by atoms with E-state index < -0.39 is 5.91 Å². The molecule has 2 rings (SSSR count). The normalized spacial score (nSPS) is 11.1. The lowest BCUT2D eigenvalue weighted by Crippen LogP contribution is -2.23. The molecule has 0 bridgehead atoms. The molecule has 1 amide bonds. The topological polar surface area (TPSA) is 84.5 Å². The van der Waals surface area contributed by atoms with Crippen LogP contribution in [0.5, 0.6) is 11.5 Å². The van der Waals surface area contributed by atoms with Gasteiger partial charge in [-0.1, -0.05) is 19.9 Å². The van der Waals surface area contributed by atoms with Crippen LogP contribution < -0.4 is 14.8 Å². The Kier molecular flexibility index (Phi) is 6.86. The number of carbonyl (C=O) groups excluding carboxylic acids is 1. The van der Waals surface area contributed by atoms with E-state index in [1.54, 1.807) is 37.4 Å². The van der Waals surface area contributed by atoms with Crippen molar-refractivity contribution in [2.75, 3.05) is 13.7 Å². The number of carbonyl (C=O) groups is 1. The van der Waals surface area contributed by atoms with Crippen molar-refractivity contribution in [3.8, 4) is 17.6 Å². The highest BCUT2D eigenvalue weighted by Gasteiger charge is 2.11. The first-order chi connectivity index (χ1) is 12.5. The molecule has 1 N–H and O–H groups in total. The molecule has 0 saturated carbocycles. The highest BCUT2D eigenvalue weighted by Crippen LogP contribution is 2.29. The highest BCUT2D eigenvalue weighted by molar-refractivity contribution is 6.01. The van der Waals surface area contributed by atoms with Gasteiger partial charge in [-0.25, -0.2) is 0 Å². The first kappa shape index (κ1) is 19.1. The number of hydrogen-bond acceptors (Lipinski definition) is 5. The second kappa shape index (κ2) is 9.33. The second-order valence-electron chi connectivity index (χ2n) is 6.05. The third-order valence-electron chi connectivity index (χ3n) is 3.44. The summed E-state index contributed by atoms with van der Waals surface area (Å²) in [5, 5.41) is 11.9.